The lowest BCUT2D eigenvalue weighted by atomic mass is 9.81. The summed E-state index contributed by atoms with van der Waals surface area (Å²) in [6.45, 7) is 0.0529. The monoisotopic (exact) mass is 373 g/mol. The molecule has 1 spiro atoms. The molecule has 1 saturated heterocycles. The van der Waals surface area contributed by atoms with Gasteiger partial charge in [0.15, 0.2) is 5.76 Å². The molecule has 0 atom stereocenters. The zero-order chi connectivity index (χ0) is 18.3. The molecule has 2 aliphatic rings. The van der Waals surface area contributed by atoms with Crippen LogP contribution in [0.5, 0.6) is 0 Å². The zero-order valence-corrected chi connectivity index (χ0v) is 15.3. The second-order valence-corrected chi connectivity index (χ2v) is 7.39. The molecular weight excluding hydrogens is 354 g/mol. The Morgan fingerprint density at radius 2 is 1.85 bits per heavy atom. The number of urea groups is 1. The minimum atomic E-state index is -0.680. The molecule has 2 heterocycles. The van der Waals surface area contributed by atoms with Crippen molar-refractivity contribution in [1.29, 1.82) is 0 Å². The number of rotatable bonds is 3. The Kier molecular flexibility index (Phi) is 4.23. The third-order valence-corrected chi connectivity index (χ3v) is 5.71. The number of likely N-dealkylation sites (N-methyl/N-ethyl adjacent to an activating group) is 1. The zero-order valence-electron chi connectivity index (χ0n) is 14.6. The first-order chi connectivity index (χ1) is 12.5. The molecule has 1 saturated carbocycles. The summed E-state index contributed by atoms with van der Waals surface area (Å²) in [5, 5.41) is 0.641. The molecule has 2 aromatic rings. The van der Waals surface area contributed by atoms with Crippen LogP contribution in [-0.4, -0.2) is 39.3 Å². The minimum absolute atomic E-state index is 0.0529. The summed E-state index contributed by atoms with van der Waals surface area (Å²) < 4.78 is 5.76. The van der Waals surface area contributed by atoms with Crippen LogP contribution in [0.4, 0.5) is 4.79 Å². The van der Waals surface area contributed by atoms with Gasteiger partial charge in [0.05, 0.1) is 6.20 Å². The Labute approximate surface area is 156 Å². The molecule has 0 unspecified atom stereocenters. The fraction of sp³-hybridized carbons (Fsp3) is 0.421. The van der Waals surface area contributed by atoms with E-state index in [-0.39, 0.29) is 18.5 Å². The maximum atomic E-state index is 13.0. The summed E-state index contributed by atoms with van der Waals surface area (Å²) >= 11 is 5.90. The van der Waals surface area contributed by atoms with Crippen LogP contribution in [0, 0.1) is 0 Å². The van der Waals surface area contributed by atoms with Gasteiger partial charge in [-0.25, -0.2) is 9.78 Å². The number of hydrogen-bond donors (Lipinski definition) is 0. The standard InChI is InChI=1S/C19H20ClN3O3/c1-22-18(25)23(17(24)19(22)9-3-2-4-10-19)12-16-21-11-15(26-16)13-5-7-14(20)8-6-13/h5-8,11H,2-4,9-10,12H2,1H3. The van der Waals surface area contributed by atoms with Crippen molar-refractivity contribution in [3.63, 3.8) is 0 Å². The van der Waals surface area contributed by atoms with Gasteiger partial charge in [0.2, 0.25) is 5.89 Å². The van der Waals surface area contributed by atoms with E-state index < -0.39 is 5.54 Å². The first-order valence-corrected chi connectivity index (χ1v) is 9.19. The van der Waals surface area contributed by atoms with E-state index >= 15 is 0 Å². The lowest BCUT2D eigenvalue weighted by molar-refractivity contribution is -0.135. The van der Waals surface area contributed by atoms with Crippen molar-refractivity contribution in [3.05, 3.63) is 41.4 Å². The van der Waals surface area contributed by atoms with E-state index in [9.17, 15) is 9.59 Å². The molecular formula is C19H20ClN3O3. The molecule has 136 valence electrons. The highest BCUT2D eigenvalue weighted by Gasteiger charge is 2.55. The number of amides is 3. The van der Waals surface area contributed by atoms with Gasteiger partial charge in [-0.15, -0.1) is 0 Å². The summed E-state index contributed by atoms with van der Waals surface area (Å²) in [5.74, 6) is 0.797. The van der Waals surface area contributed by atoms with Gasteiger partial charge in [-0.1, -0.05) is 30.9 Å². The van der Waals surface area contributed by atoms with Crippen molar-refractivity contribution < 1.29 is 14.0 Å². The molecule has 3 amide bonds. The topological polar surface area (TPSA) is 66.7 Å². The van der Waals surface area contributed by atoms with Crippen molar-refractivity contribution in [2.45, 2.75) is 44.2 Å². The predicted octanol–water partition coefficient (Wildman–Crippen LogP) is 4.09. The Bertz CT molecular complexity index is 840. The molecule has 7 heteroatoms. The van der Waals surface area contributed by atoms with Crippen LogP contribution >= 0.6 is 11.6 Å². The summed E-state index contributed by atoms with van der Waals surface area (Å²) in [6, 6.07) is 6.94. The van der Waals surface area contributed by atoms with Gasteiger partial charge in [0.1, 0.15) is 12.1 Å². The van der Waals surface area contributed by atoms with Gasteiger partial charge in [0, 0.05) is 17.6 Å². The highest BCUT2D eigenvalue weighted by atomic mass is 35.5. The van der Waals surface area contributed by atoms with E-state index in [1.165, 1.54) is 4.90 Å². The number of nitrogens with zero attached hydrogens (tertiary/aromatic N) is 3. The molecule has 0 radical (unpaired) electrons. The van der Waals surface area contributed by atoms with Gasteiger partial charge in [-0.2, -0.15) is 0 Å². The van der Waals surface area contributed by atoms with E-state index in [0.717, 1.165) is 37.7 Å². The van der Waals surface area contributed by atoms with E-state index in [1.807, 2.05) is 12.1 Å². The summed E-state index contributed by atoms with van der Waals surface area (Å²) in [5.41, 5.74) is 0.161. The third-order valence-electron chi connectivity index (χ3n) is 5.46. The molecule has 2 fully saturated rings. The van der Waals surface area contributed by atoms with Crippen LogP contribution in [-0.2, 0) is 11.3 Å². The number of hydrogen-bond acceptors (Lipinski definition) is 4. The molecule has 0 N–H and O–H groups in total. The fourth-order valence-electron chi connectivity index (χ4n) is 3.94. The Hall–Kier alpha value is -2.34. The normalized spacial score (nSPS) is 19.6. The second kappa shape index (κ2) is 6.43. The third kappa shape index (κ3) is 2.69. The van der Waals surface area contributed by atoms with Crippen molar-refractivity contribution >= 4 is 23.5 Å². The minimum Gasteiger partial charge on any atom is -0.439 e. The number of carbonyl (C=O) groups is 2. The molecule has 0 bridgehead atoms. The van der Waals surface area contributed by atoms with E-state index in [4.69, 9.17) is 16.0 Å². The molecule has 4 rings (SSSR count). The van der Waals surface area contributed by atoms with E-state index in [2.05, 4.69) is 4.98 Å². The van der Waals surface area contributed by atoms with E-state index in [0.29, 0.717) is 16.7 Å². The summed E-state index contributed by atoms with van der Waals surface area (Å²) in [6.07, 6.45) is 6.11. The van der Waals surface area contributed by atoms with Gasteiger partial charge in [0.25, 0.3) is 5.91 Å². The van der Waals surface area contributed by atoms with Gasteiger partial charge in [-0.3, -0.25) is 9.69 Å². The molecule has 26 heavy (non-hydrogen) atoms. The molecule has 1 aliphatic carbocycles. The fourth-order valence-corrected chi connectivity index (χ4v) is 4.06. The van der Waals surface area contributed by atoms with Crippen molar-refractivity contribution in [2.24, 2.45) is 0 Å². The van der Waals surface area contributed by atoms with Gasteiger partial charge in [-0.05, 0) is 37.1 Å². The van der Waals surface area contributed by atoms with Gasteiger partial charge >= 0.3 is 6.03 Å². The average Bonchev–Trinajstić information content (AvgIpc) is 3.19. The molecule has 1 aliphatic heterocycles. The van der Waals surface area contributed by atoms with Crippen LogP contribution in [0.15, 0.2) is 34.9 Å². The van der Waals surface area contributed by atoms with Crippen LogP contribution in [0.2, 0.25) is 5.02 Å². The molecule has 1 aromatic heterocycles. The first-order valence-electron chi connectivity index (χ1n) is 8.82. The quantitative estimate of drug-likeness (QED) is 0.760. The number of carbonyl (C=O) groups excluding carboxylic acids is 2. The lowest BCUT2D eigenvalue weighted by Crippen LogP contribution is -2.49. The Morgan fingerprint density at radius 1 is 1.15 bits per heavy atom. The van der Waals surface area contributed by atoms with Crippen LogP contribution in [0.1, 0.15) is 38.0 Å². The van der Waals surface area contributed by atoms with Crippen LogP contribution in [0.25, 0.3) is 11.3 Å². The highest BCUT2D eigenvalue weighted by Crippen LogP contribution is 2.40. The second-order valence-electron chi connectivity index (χ2n) is 6.95. The maximum absolute atomic E-state index is 13.0. The Balaban J connectivity index is 1.55. The number of oxazole rings is 1. The SMILES string of the molecule is CN1C(=O)N(Cc2ncc(-c3ccc(Cl)cc3)o2)C(=O)C12CCCCC2. The smallest absolute Gasteiger partial charge is 0.327 e. The average molecular weight is 374 g/mol. The van der Waals surface area contributed by atoms with Crippen LogP contribution in [0.3, 0.4) is 0 Å². The summed E-state index contributed by atoms with van der Waals surface area (Å²) in [4.78, 5) is 32.8. The van der Waals surface area contributed by atoms with Crippen molar-refractivity contribution in [2.75, 3.05) is 7.05 Å². The van der Waals surface area contributed by atoms with Crippen LogP contribution < -0.4 is 0 Å². The number of aromatic nitrogens is 1. The number of halogens is 1. The maximum Gasteiger partial charge on any atom is 0.327 e. The first kappa shape index (κ1) is 17.1. The van der Waals surface area contributed by atoms with E-state index in [1.54, 1.807) is 30.3 Å². The summed E-state index contributed by atoms with van der Waals surface area (Å²) in [7, 11) is 1.72. The molecule has 6 nitrogen and oxygen atoms in total. The molecule has 1 aromatic carbocycles. The van der Waals surface area contributed by atoms with Crippen molar-refractivity contribution in [3.8, 4) is 11.3 Å². The largest absolute Gasteiger partial charge is 0.439 e. The van der Waals surface area contributed by atoms with Gasteiger partial charge < -0.3 is 9.32 Å². The lowest BCUT2D eigenvalue weighted by Gasteiger charge is -2.35. The van der Waals surface area contributed by atoms with Crippen molar-refractivity contribution in [1.82, 2.24) is 14.8 Å². The highest BCUT2D eigenvalue weighted by molar-refractivity contribution is 6.30. The number of benzene rings is 1. The Morgan fingerprint density at radius 3 is 2.54 bits per heavy atom. The predicted molar refractivity (Wildman–Crippen MR) is 96.5 cm³/mol. The number of imide groups is 1.